The highest BCUT2D eigenvalue weighted by atomic mass is 32.1. The molecule has 0 saturated heterocycles. The molecule has 266 valence electrons. The maximum Gasteiger partial charge on any atom is 0.164 e. The van der Waals surface area contributed by atoms with Gasteiger partial charge in [-0.3, -0.25) is 0 Å². The Morgan fingerprint density at radius 2 is 0.825 bits per heavy atom. The van der Waals surface area contributed by atoms with E-state index in [-0.39, 0.29) is 0 Å². The average Bonchev–Trinajstić information content (AvgIpc) is 3.93. The van der Waals surface area contributed by atoms with E-state index in [9.17, 15) is 0 Å². The fourth-order valence-electron chi connectivity index (χ4n) is 8.62. The van der Waals surface area contributed by atoms with Crippen LogP contribution in [-0.4, -0.2) is 24.1 Å². The molecular formula is C51H31N5S. The van der Waals surface area contributed by atoms with Crippen LogP contribution in [0, 0.1) is 0 Å². The molecule has 0 atom stereocenters. The van der Waals surface area contributed by atoms with E-state index in [0.29, 0.717) is 17.5 Å². The van der Waals surface area contributed by atoms with Gasteiger partial charge in [0, 0.05) is 64.1 Å². The van der Waals surface area contributed by atoms with Gasteiger partial charge in [0.1, 0.15) is 0 Å². The maximum atomic E-state index is 5.19. The second-order valence-corrected chi connectivity index (χ2v) is 15.5. The Morgan fingerprint density at radius 3 is 1.46 bits per heavy atom. The molecule has 0 unspecified atom stereocenters. The van der Waals surface area contributed by atoms with Crippen molar-refractivity contribution in [2.24, 2.45) is 0 Å². The summed E-state index contributed by atoms with van der Waals surface area (Å²) in [7, 11) is 0. The van der Waals surface area contributed by atoms with Crippen molar-refractivity contribution in [1.29, 1.82) is 0 Å². The molecule has 0 amide bonds. The number of benzene rings is 8. The van der Waals surface area contributed by atoms with E-state index in [0.717, 1.165) is 39.1 Å². The molecule has 5 nitrogen and oxygen atoms in total. The quantitative estimate of drug-likeness (QED) is 0.176. The Labute approximate surface area is 331 Å². The van der Waals surface area contributed by atoms with Crippen molar-refractivity contribution < 1.29 is 0 Å². The number of fused-ring (bicyclic) bond motifs is 9. The molecule has 8 aromatic carbocycles. The van der Waals surface area contributed by atoms with Crippen LogP contribution >= 0.6 is 11.3 Å². The molecular weight excluding hydrogens is 715 g/mol. The first-order chi connectivity index (χ1) is 28.3. The minimum Gasteiger partial charge on any atom is -0.309 e. The van der Waals surface area contributed by atoms with Crippen molar-refractivity contribution in [2.45, 2.75) is 0 Å². The first kappa shape index (κ1) is 31.9. The van der Waals surface area contributed by atoms with Crippen molar-refractivity contribution >= 4 is 75.1 Å². The van der Waals surface area contributed by atoms with Gasteiger partial charge in [0.05, 0.1) is 27.8 Å². The van der Waals surface area contributed by atoms with Crippen LogP contribution in [0.1, 0.15) is 0 Å². The van der Waals surface area contributed by atoms with Crippen molar-refractivity contribution in [3.8, 4) is 45.5 Å². The standard InChI is InChI=1S/C51H31N5S/c1-4-16-32(17-5-1)49-52-50(33-18-6-2-7-19-33)54-51(53-49)34-28-45(48-38-24-12-15-27-46(38)57-47(48)29-34)56-42-26-14-11-23-37(42)40-30-39-36-22-10-13-25-41(36)55(43(39)31-44(40)56)35-20-8-3-9-21-35/h1-31H. The molecule has 4 aromatic heterocycles. The Balaban J connectivity index is 1.20. The molecule has 0 N–H and O–H groups in total. The number of thiophene rings is 1. The van der Waals surface area contributed by atoms with Crippen molar-refractivity contribution in [3.63, 3.8) is 0 Å². The number of para-hydroxylation sites is 3. The number of hydrogen-bond acceptors (Lipinski definition) is 4. The summed E-state index contributed by atoms with van der Waals surface area (Å²) >= 11 is 1.81. The Bertz CT molecular complexity index is 3450. The first-order valence-corrected chi connectivity index (χ1v) is 19.9. The monoisotopic (exact) mass is 745 g/mol. The van der Waals surface area contributed by atoms with Gasteiger partial charge in [-0.25, -0.2) is 15.0 Å². The van der Waals surface area contributed by atoms with Gasteiger partial charge >= 0.3 is 0 Å². The van der Waals surface area contributed by atoms with Gasteiger partial charge in [-0.1, -0.05) is 133 Å². The molecule has 0 spiro atoms. The number of rotatable bonds is 5. The van der Waals surface area contributed by atoms with E-state index >= 15 is 0 Å². The van der Waals surface area contributed by atoms with Gasteiger partial charge in [-0.05, 0) is 54.6 Å². The summed E-state index contributed by atoms with van der Waals surface area (Å²) in [5.41, 5.74) is 9.70. The van der Waals surface area contributed by atoms with Crippen LogP contribution in [0.5, 0.6) is 0 Å². The van der Waals surface area contributed by atoms with Crippen LogP contribution in [0.4, 0.5) is 0 Å². The van der Waals surface area contributed by atoms with Crippen molar-refractivity contribution in [3.05, 3.63) is 188 Å². The fourth-order valence-corrected chi connectivity index (χ4v) is 9.79. The second kappa shape index (κ2) is 12.6. The fraction of sp³-hybridized carbons (Fsp3) is 0. The molecule has 0 saturated carbocycles. The maximum absolute atomic E-state index is 5.19. The van der Waals surface area contributed by atoms with Gasteiger partial charge < -0.3 is 9.13 Å². The molecule has 0 aliphatic heterocycles. The summed E-state index contributed by atoms with van der Waals surface area (Å²) in [6.07, 6.45) is 0. The molecule has 4 heterocycles. The summed E-state index contributed by atoms with van der Waals surface area (Å²) in [6.45, 7) is 0. The lowest BCUT2D eigenvalue weighted by atomic mass is 10.1. The van der Waals surface area contributed by atoms with Gasteiger partial charge in [0.2, 0.25) is 0 Å². The predicted octanol–water partition coefficient (Wildman–Crippen LogP) is 13.4. The van der Waals surface area contributed by atoms with Gasteiger partial charge in [-0.15, -0.1) is 11.3 Å². The van der Waals surface area contributed by atoms with Gasteiger partial charge in [0.25, 0.3) is 0 Å². The van der Waals surface area contributed by atoms with E-state index in [4.69, 9.17) is 15.0 Å². The summed E-state index contributed by atoms with van der Waals surface area (Å²) < 4.78 is 7.29. The Hall–Kier alpha value is -7.41. The van der Waals surface area contributed by atoms with E-state index in [1.807, 2.05) is 47.7 Å². The van der Waals surface area contributed by atoms with Gasteiger partial charge in [0.15, 0.2) is 17.5 Å². The molecule has 0 aliphatic carbocycles. The van der Waals surface area contributed by atoms with E-state index in [2.05, 4.69) is 161 Å². The first-order valence-electron chi connectivity index (χ1n) is 19.1. The van der Waals surface area contributed by atoms with E-state index in [1.54, 1.807) is 0 Å². The zero-order valence-electron chi connectivity index (χ0n) is 30.5. The van der Waals surface area contributed by atoms with E-state index < -0.39 is 0 Å². The largest absolute Gasteiger partial charge is 0.309 e. The predicted molar refractivity (Wildman–Crippen MR) is 238 cm³/mol. The zero-order chi connectivity index (χ0) is 37.5. The molecule has 57 heavy (non-hydrogen) atoms. The van der Waals surface area contributed by atoms with Crippen LogP contribution in [0.15, 0.2) is 188 Å². The van der Waals surface area contributed by atoms with Crippen LogP contribution in [0.3, 0.4) is 0 Å². The summed E-state index contributed by atoms with van der Waals surface area (Å²) in [5.74, 6) is 1.92. The molecule has 12 rings (SSSR count). The Kier molecular flexibility index (Phi) is 7.03. The minimum atomic E-state index is 0.635. The average molecular weight is 746 g/mol. The van der Waals surface area contributed by atoms with Crippen molar-refractivity contribution in [2.75, 3.05) is 0 Å². The SMILES string of the molecule is c1ccc(-c2nc(-c3ccccc3)nc(-c3cc(-n4c5ccccc5c5cc6c7ccccc7n(-c7ccccc7)c6cc54)c4c(c3)sc3ccccc34)n2)cc1. The zero-order valence-corrected chi connectivity index (χ0v) is 31.4. The topological polar surface area (TPSA) is 48.5 Å². The van der Waals surface area contributed by atoms with Crippen LogP contribution in [0.2, 0.25) is 0 Å². The van der Waals surface area contributed by atoms with Crippen LogP contribution in [0.25, 0.3) is 109 Å². The third kappa shape index (κ3) is 4.98. The lowest BCUT2D eigenvalue weighted by Crippen LogP contribution is -2.01. The molecule has 6 heteroatoms. The highest BCUT2D eigenvalue weighted by Gasteiger charge is 2.22. The van der Waals surface area contributed by atoms with Gasteiger partial charge in [-0.2, -0.15) is 0 Å². The number of hydrogen-bond donors (Lipinski definition) is 0. The molecule has 0 aliphatic rings. The summed E-state index contributed by atoms with van der Waals surface area (Å²) in [6, 6.07) is 66.7. The normalized spacial score (nSPS) is 11.9. The summed E-state index contributed by atoms with van der Waals surface area (Å²) in [4.78, 5) is 15.4. The molecule has 0 fully saturated rings. The number of aromatic nitrogens is 5. The molecule has 12 aromatic rings. The lowest BCUT2D eigenvalue weighted by Gasteiger charge is -2.14. The van der Waals surface area contributed by atoms with Crippen LogP contribution in [-0.2, 0) is 0 Å². The smallest absolute Gasteiger partial charge is 0.164 e. The number of nitrogens with zero attached hydrogens (tertiary/aromatic N) is 5. The van der Waals surface area contributed by atoms with Crippen LogP contribution < -0.4 is 0 Å². The second-order valence-electron chi connectivity index (χ2n) is 14.4. The minimum absolute atomic E-state index is 0.635. The Morgan fingerprint density at radius 1 is 0.333 bits per heavy atom. The molecule has 0 radical (unpaired) electrons. The third-order valence-electron chi connectivity index (χ3n) is 11.1. The highest BCUT2D eigenvalue weighted by Crippen LogP contribution is 2.45. The summed E-state index contributed by atoms with van der Waals surface area (Å²) in [5, 5.41) is 7.34. The molecule has 0 bridgehead atoms. The highest BCUT2D eigenvalue weighted by molar-refractivity contribution is 7.26. The third-order valence-corrected chi connectivity index (χ3v) is 12.3. The van der Waals surface area contributed by atoms with Crippen molar-refractivity contribution in [1.82, 2.24) is 24.1 Å². The van der Waals surface area contributed by atoms with E-state index in [1.165, 1.54) is 52.8 Å². The lowest BCUT2D eigenvalue weighted by molar-refractivity contribution is 1.07.